The Bertz CT molecular complexity index is 553. The van der Waals surface area contributed by atoms with Gasteiger partial charge in [-0.1, -0.05) is 39.0 Å². The van der Waals surface area contributed by atoms with Crippen LogP contribution in [0, 0.1) is 0 Å². The van der Waals surface area contributed by atoms with Crippen LogP contribution in [0.3, 0.4) is 0 Å². The third-order valence-electron chi connectivity index (χ3n) is 4.25. The summed E-state index contributed by atoms with van der Waals surface area (Å²) in [5.41, 5.74) is 1.24. The van der Waals surface area contributed by atoms with Crippen molar-refractivity contribution in [2.75, 3.05) is 11.4 Å². The van der Waals surface area contributed by atoms with Crippen LogP contribution >= 0.6 is 0 Å². The molecule has 21 heavy (non-hydrogen) atoms. The summed E-state index contributed by atoms with van der Waals surface area (Å²) < 4.78 is 0. The summed E-state index contributed by atoms with van der Waals surface area (Å²) in [6.07, 6.45) is 0.922. The molecule has 1 heterocycles. The monoisotopic (exact) mass is 288 g/mol. The number of nitrogens with one attached hydrogen (secondary N) is 1. The molecule has 1 N–H and O–H groups in total. The summed E-state index contributed by atoms with van der Waals surface area (Å²) >= 11 is 0. The molecule has 0 spiro atoms. The third-order valence-corrected chi connectivity index (χ3v) is 4.25. The van der Waals surface area contributed by atoms with Crippen LogP contribution in [0.25, 0.3) is 0 Å². The third kappa shape index (κ3) is 2.94. The molecule has 1 aromatic rings. The average molecular weight is 288 g/mol. The molecule has 0 aliphatic carbocycles. The molecule has 1 aromatic carbocycles. The molecule has 2 amide bonds. The molecular weight excluding hydrogens is 264 g/mol. The number of rotatable bonds is 3. The van der Waals surface area contributed by atoms with Crippen LogP contribution in [-0.2, 0) is 9.59 Å². The Labute approximate surface area is 126 Å². The number of amides is 2. The average Bonchev–Trinajstić information content (AvgIpc) is 2.57. The minimum atomic E-state index is -0.822. The van der Waals surface area contributed by atoms with Gasteiger partial charge in [0.25, 0.3) is 5.91 Å². The zero-order chi connectivity index (χ0) is 15.6. The van der Waals surface area contributed by atoms with Crippen molar-refractivity contribution in [3.8, 4) is 0 Å². The van der Waals surface area contributed by atoms with Gasteiger partial charge in [-0.15, -0.1) is 0 Å². The molecule has 1 fully saturated rings. The molecule has 2 rings (SSSR count). The highest BCUT2D eigenvalue weighted by molar-refractivity contribution is 6.04. The number of nitrogens with zero attached hydrogens (tertiary/aromatic N) is 1. The van der Waals surface area contributed by atoms with E-state index in [1.165, 1.54) is 0 Å². The first kappa shape index (κ1) is 15.5. The first-order valence-corrected chi connectivity index (χ1v) is 7.61. The van der Waals surface area contributed by atoms with Gasteiger partial charge in [0.05, 0.1) is 0 Å². The molecular formula is C17H24N2O2. The molecule has 1 saturated heterocycles. The highest BCUT2D eigenvalue weighted by Crippen LogP contribution is 2.30. The van der Waals surface area contributed by atoms with Crippen LogP contribution in [0.1, 0.15) is 52.0 Å². The molecule has 1 atom stereocenters. The Balaban J connectivity index is 2.47. The number of carbonyl (C=O) groups excluding carboxylic acids is 2. The van der Waals surface area contributed by atoms with Gasteiger partial charge in [0.1, 0.15) is 5.54 Å². The summed E-state index contributed by atoms with van der Waals surface area (Å²) in [5.74, 6) is 0.245. The number of para-hydroxylation sites is 1. The number of hydrogen-bond acceptors (Lipinski definition) is 2. The first-order chi connectivity index (χ1) is 9.89. The van der Waals surface area contributed by atoms with Crippen molar-refractivity contribution in [1.29, 1.82) is 0 Å². The summed E-state index contributed by atoms with van der Waals surface area (Å²) in [6.45, 7) is 8.40. The lowest BCUT2D eigenvalue weighted by Gasteiger charge is -2.32. The molecule has 1 unspecified atom stereocenters. The van der Waals surface area contributed by atoms with Crippen LogP contribution in [0.15, 0.2) is 24.3 Å². The van der Waals surface area contributed by atoms with Gasteiger partial charge in [-0.25, -0.2) is 0 Å². The van der Waals surface area contributed by atoms with Gasteiger partial charge < -0.3 is 10.2 Å². The minimum Gasteiger partial charge on any atom is -0.342 e. The Hall–Kier alpha value is -1.84. The molecule has 0 saturated carbocycles. The molecule has 1 aliphatic heterocycles. The van der Waals surface area contributed by atoms with Crippen molar-refractivity contribution >= 4 is 17.5 Å². The van der Waals surface area contributed by atoms with Crippen LogP contribution in [-0.4, -0.2) is 23.9 Å². The van der Waals surface area contributed by atoms with E-state index in [0.29, 0.717) is 25.3 Å². The molecule has 0 bridgehead atoms. The lowest BCUT2D eigenvalue weighted by molar-refractivity contribution is -0.129. The Morgan fingerprint density at radius 1 is 1.29 bits per heavy atom. The van der Waals surface area contributed by atoms with Crippen molar-refractivity contribution in [3.05, 3.63) is 29.8 Å². The molecule has 0 aromatic heterocycles. The molecule has 4 nitrogen and oxygen atoms in total. The van der Waals surface area contributed by atoms with Crippen molar-refractivity contribution in [1.82, 2.24) is 5.32 Å². The van der Waals surface area contributed by atoms with E-state index >= 15 is 0 Å². The number of carbonyl (C=O) groups is 2. The zero-order valence-corrected chi connectivity index (χ0v) is 13.3. The molecule has 114 valence electrons. The summed E-state index contributed by atoms with van der Waals surface area (Å²) in [4.78, 5) is 26.6. The van der Waals surface area contributed by atoms with E-state index in [1.807, 2.05) is 32.0 Å². The van der Waals surface area contributed by atoms with E-state index in [4.69, 9.17) is 0 Å². The predicted molar refractivity (Wildman–Crippen MR) is 84.3 cm³/mol. The second kappa shape index (κ2) is 5.88. The standard InChI is InChI=1S/C17H24N2O2/c1-5-17(4)16(21)19(11-10-15(20)18-17)14-9-7-6-8-13(14)12(2)3/h6-9,12H,5,10-11H2,1-4H3,(H,18,20). The van der Waals surface area contributed by atoms with Crippen molar-refractivity contribution in [3.63, 3.8) is 0 Å². The fourth-order valence-corrected chi connectivity index (χ4v) is 2.73. The lowest BCUT2D eigenvalue weighted by atomic mass is 9.95. The van der Waals surface area contributed by atoms with Crippen molar-refractivity contribution < 1.29 is 9.59 Å². The Morgan fingerprint density at radius 2 is 1.95 bits per heavy atom. The number of anilines is 1. The van der Waals surface area contributed by atoms with Gasteiger partial charge in [-0.2, -0.15) is 0 Å². The second-order valence-electron chi connectivity index (χ2n) is 6.15. The predicted octanol–water partition coefficient (Wildman–Crippen LogP) is 2.83. The topological polar surface area (TPSA) is 49.4 Å². The van der Waals surface area contributed by atoms with Gasteiger partial charge in [0.15, 0.2) is 0 Å². The van der Waals surface area contributed by atoms with Gasteiger partial charge in [0.2, 0.25) is 5.91 Å². The van der Waals surface area contributed by atoms with Crippen LogP contribution < -0.4 is 10.2 Å². The molecule has 1 aliphatic rings. The molecule has 0 radical (unpaired) electrons. The molecule has 4 heteroatoms. The van der Waals surface area contributed by atoms with Gasteiger partial charge >= 0.3 is 0 Å². The van der Waals surface area contributed by atoms with E-state index in [-0.39, 0.29) is 11.8 Å². The van der Waals surface area contributed by atoms with Crippen molar-refractivity contribution in [2.45, 2.75) is 52.0 Å². The smallest absolute Gasteiger partial charge is 0.252 e. The van der Waals surface area contributed by atoms with Crippen LogP contribution in [0.4, 0.5) is 5.69 Å². The van der Waals surface area contributed by atoms with Gasteiger partial charge in [-0.3, -0.25) is 9.59 Å². The maximum Gasteiger partial charge on any atom is 0.252 e. The Kier molecular flexibility index (Phi) is 4.35. The highest BCUT2D eigenvalue weighted by atomic mass is 16.2. The van der Waals surface area contributed by atoms with Crippen LogP contribution in [0.2, 0.25) is 0 Å². The highest BCUT2D eigenvalue weighted by Gasteiger charge is 2.40. The van der Waals surface area contributed by atoms with E-state index < -0.39 is 5.54 Å². The largest absolute Gasteiger partial charge is 0.342 e. The maximum atomic E-state index is 12.9. The SMILES string of the molecule is CCC1(C)NC(=O)CCN(c2ccccc2C(C)C)C1=O. The van der Waals surface area contributed by atoms with Crippen molar-refractivity contribution in [2.24, 2.45) is 0 Å². The van der Waals surface area contributed by atoms with E-state index in [1.54, 1.807) is 4.90 Å². The first-order valence-electron chi connectivity index (χ1n) is 7.61. The van der Waals surface area contributed by atoms with Gasteiger partial charge in [0, 0.05) is 18.7 Å². The van der Waals surface area contributed by atoms with E-state index in [9.17, 15) is 9.59 Å². The quantitative estimate of drug-likeness (QED) is 0.929. The summed E-state index contributed by atoms with van der Waals surface area (Å²) in [7, 11) is 0. The fourth-order valence-electron chi connectivity index (χ4n) is 2.73. The maximum absolute atomic E-state index is 12.9. The Morgan fingerprint density at radius 3 is 2.57 bits per heavy atom. The number of benzene rings is 1. The number of hydrogen-bond donors (Lipinski definition) is 1. The van der Waals surface area contributed by atoms with Gasteiger partial charge in [-0.05, 0) is 30.9 Å². The summed E-state index contributed by atoms with van der Waals surface area (Å²) in [5, 5.41) is 2.87. The summed E-state index contributed by atoms with van der Waals surface area (Å²) in [6, 6.07) is 7.96. The minimum absolute atomic E-state index is 0.0241. The van der Waals surface area contributed by atoms with E-state index in [2.05, 4.69) is 25.2 Å². The van der Waals surface area contributed by atoms with Crippen LogP contribution in [0.5, 0.6) is 0 Å². The lowest BCUT2D eigenvalue weighted by Crippen LogP contribution is -2.55. The normalized spacial score (nSPS) is 23.2. The zero-order valence-electron chi connectivity index (χ0n) is 13.3. The fraction of sp³-hybridized carbons (Fsp3) is 0.529. The van der Waals surface area contributed by atoms with E-state index in [0.717, 1.165) is 11.3 Å². The second-order valence-corrected chi connectivity index (χ2v) is 6.15.